The fraction of sp³-hybridized carbons (Fsp3) is 0.520. The maximum absolute atomic E-state index is 13.2. The highest BCUT2D eigenvalue weighted by Gasteiger charge is 2.43. The Balaban J connectivity index is 0.00000432. The smallest absolute Gasteiger partial charge is 0.303 e. The molecule has 35 heavy (non-hydrogen) atoms. The molecule has 192 valence electrons. The van der Waals surface area contributed by atoms with E-state index in [0.717, 1.165) is 21.7 Å². The first-order chi connectivity index (χ1) is 15.9. The molecule has 1 fully saturated rings. The zero-order valence-corrected chi connectivity index (χ0v) is 22.4. The monoisotopic (exact) mass is 522 g/mol. The predicted octanol–water partition coefficient (Wildman–Crippen LogP) is 3.78. The molecule has 0 spiro atoms. The molecular formula is C25H35ClN4O4S. The van der Waals surface area contributed by atoms with Gasteiger partial charge in [0.15, 0.2) is 0 Å². The van der Waals surface area contributed by atoms with Gasteiger partial charge in [-0.05, 0) is 42.7 Å². The highest BCUT2D eigenvalue weighted by molar-refractivity contribution is 7.13. The summed E-state index contributed by atoms with van der Waals surface area (Å²) >= 11 is 1.59. The zero-order valence-electron chi connectivity index (χ0n) is 20.8. The van der Waals surface area contributed by atoms with E-state index in [4.69, 9.17) is 5.73 Å². The molecule has 10 heteroatoms. The molecule has 0 aliphatic carbocycles. The maximum Gasteiger partial charge on any atom is 0.303 e. The largest absolute Gasteiger partial charge is 0.481 e. The summed E-state index contributed by atoms with van der Waals surface area (Å²) in [6.45, 7) is 9.69. The minimum absolute atomic E-state index is 0. The van der Waals surface area contributed by atoms with E-state index in [1.165, 1.54) is 4.90 Å². The summed E-state index contributed by atoms with van der Waals surface area (Å²) in [5, 5.41) is 12.2. The van der Waals surface area contributed by atoms with Gasteiger partial charge in [0.1, 0.15) is 6.04 Å². The van der Waals surface area contributed by atoms with Crippen LogP contribution in [0.4, 0.5) is 0 Å². The number of nitrogens with two attached hydrogens (primary N) is 1. The van der Waals surface area contributed by atoms with E-state index >= 15 is 0 Å². The molecule has 2 heterocycles. The van der Waals surface area contributed by atoms with Gasteiger partial charge in [-0.2, -0.15) is 0 Å². The van der Waals surface area contributed by atoms with Crippen LogP contribution in [0.1, 0.15) is 57.8 Å². The highest BCUT2D eigenvalue weighted by Crippen LogP contribution is 2.31. The molecule has 1 saturated heterocycles. The summed E-state index contributed by atoms with van der Waals surface area (Å²) in [4.78, 5) is 44.5. The second-order valence-electron chi connectivity index (χ2n) is 10.2. The molecule has 8 nitrogen and oxygen atoms in total. The van der Waals surface area contributed by atoms with E-state index in [1.54, 1.807) is 11.3 Å². The maximum atomic E-state index is 13.2. The number of nitrogens with zero attached hydrogens (tertiary/aromatic N) is 2. The molecule has 4 N–H and O–H groups in total. The standard InChI is InChI=1S/C25H34N4O4S.ClH/c1-14(17-6-8-18(9-7-17)21-15(2)27-13-34-21)28-23(32)19-10-16(11-20(30)31)12-29(19)24(33)22(26)25(3,4)5;/h6-9,13-14,16,19,22H,10-12,26H2,1-5H3,(H,28,32)(H,30,31);1H/t14-,16+,19-,22+;/m0./s1. The lowest BCUT2D eigenvalue weighted by atomic mass is 9.86. The summed E-state index contributed by atoms with van der Waals surface area (Å²) in [6, 6.07) is 6.15. The first-order valence-corrected chi connectivity index (χ1v) is 12.3. The number of carbonyl (C=O) groups is 3. The Morgan fingerprint density at radius 1 is 1.26 bits per heavy atom. The van der Waals surface area contributed by atoms with Gasteiger partial charge < -0.3 is 21.1 Å². The Labute approximate surface area is 216 Å². The van der Waals surface area contributed by atoms with Crippen LogP contribution in [0.5, 0.6) is 0 Å². The van der Waals surface area contributed by atoms with Gasteiger partial charge in [-0.1, -0.05) is 45.0 Å². The number of nitrogens with one attached hydrogen (secondary N) is 1. The summed E-state index contributed by atoms with van der Waals surface area (Å²) in [5.74, 6) is -1.85. The molecule has 2 aromatic rings. The second kappa shape index (κ2) is 11.5. The Kier molecular flexibility index (Phi) is 9.44. The summed E-state index contributed by atoms with van der Waals surface area (Å²) < 4.78 is 0. The number of thiazole rings is 1. The van der Waals surface area contributed by atoms with Gasteiger partial charge in [0, 0.05) is 13.0 Å². The first kappa shape index (κ1) is 28.7. The van der Waals surface area contributed by atoms with Crippen molar-refractivity contribution >= 4 is 41.5 Å². The van der Waals surface area contributed by atoms with Crippen LogP contribution >= 0.6 is 23.7 Å². The van der Waals surface area contributed by atoms with Crippen molar-refractivity contribution in [1.82, 2.24) is 15.2 Å². The molecule has 1 aromatic carbocycles. The Bertz CT molecular complexity index is 1050. The number of likely N-dealkylation sites (tertiary alicyclic amines) is 1. The third kappa shape index (κ3) is 6.80. The molecule has 0 radical (unpaired) electrons. The molecule has 2 amide bonds. The van der Waals surface area contributed by atoms with Gasteiger partial charge in [-0.15, -0.1) is 23.7 Å². The van der Waals surface area contributed by atoms with Gasteiger partial charge in [0.05, 0.1) is 28.2 Å². The molecule has 1 aliphatic rings. The third-order valence-corrected chi connectivity index (χ3v) is 7.39. The predicted molar refractivity (Wildman–Crippen MR) is 139 cm³/mol. The normalized spacial score (nSPS) is 19.5. The van der Waals surface area contributed by atoms with Crippen molar-refractivity contribution in [1.29, 1.82) is 0 Å². The van der Waals surface area contributed by atoms with Crippen molar-refractivity contribution < 1.29 is 19.5 Å². The number of carboxylic acids is 1. The van der Waals surface area contributed by atoms with Crippen molar-refractivity contribution in [3.63, 3.8) is 0 Å². The molecule has 1 aromatic heterocycles. The van der Waals surface area contributed by atoms with E-state index in [1.807, 2.05) is 64.4 Å². The van der Waals surface area contributed by atoms with Crippen molar-refractivity contribution in [2.24, 2.45) is 17.1 Å². The fourth-order valence-electron chi connectivity index (χ4n) is 4.25. The topological polar surface area (TPSA) is 126 Å². The van der Waals surface area contributed by atoms with E-state index in [2.05, 4.69) is 10.3 Å². The number of hydrogen-bond acceptors (Lipinski definition) is 6. The highest BCUT2D eigenvalue weighted by atomic mass is 35.5. The number of amides is 2. The van der Waals surface area contributed by atoms with Crippen LogP contribution < -0.4 is 11.1 Å². The molecule has 4 atom stereocenters. The van der Waals surface area contributed by atoms with Crippen LogP contribution in [-0.2, 0) is 14.4 Å². The number of benzene rings is 1. The van der Waals surface area contributed by atoms with Crippen LogP contribution in [0.3, 0.4) is 0 Å². The van der Waals surface area contributed by atoms with Crippen molar-refractivity contribution in [2.75, 3.05) is 6.54 Å². The van der Waals surface area contributed by atoms with Gasteiger partial charge >= 0.3 is 5.97 Å². The van der Waals surface area contributed by atoms with Crippen LogP contribution in [0.2, 0.25) is 0 Å². The molecule has 3 rings (SSSR count). The first-order valence-electron chi connectivity index (χ1n) is 11.5. The van der Waals surface area contributed by atoms with E-state index in [0.29, 0.717) is 6.42 Å². The van der Waals surface area contributed by atoms with Crippen LogP contribution in [0.15, 0.2) is 29.8 Å². The molecule has 0 saturated carbocycles. The van der Waals surface area contributed by atoms with Gasteiger partial charge in [0.25, 0.3) is 0 Å². The summed E-state index contributed by atoms with van der Waals surface area (Å²) in [5.41, 5.74) is 10.5. The van der Waals surface area contributed by atoms with Crippen LogP contribution in [0, 0.1) is 18.3 Å². The summed E-state index contributed by atoms with van der Waals surface area (Å²) in [7, 11) is 0. The van der Waals surface area contributed by atoms with Gasteiger partial charge in [0.2, 0.25) is 11.8 Å². The van der Waals surface area contributed by atoms with E-state index in [-0.39, 0.29) is 49.1 Å². The lowest BCUT2D eigenvalue weighted by Gasteiger charge is -2.33. The zero-order chi connectivity index (χ0) is 25.2. The van der Waals surface area contributed by atoms with E-state index < -0.39 is 23.5 Å². The molecular weight excluding hydrogens is 488 g/mol. The number of aliphatic carboxylic acids is 1. The van der Waals surface area contributed by atoms with Crippen LogP contribution in [0.25, 0.3) is 10.4 Å². The Hall–Kier alpha value is -2.49. The molecule has 1 aliphatic heterocycles. The van der Waals surface area contributed by atoms with Gasteiger partial charge in [-0.25, -0.2) is 4.98 Å². The summed E-state index contributed by atoms with van der Waals surface area (Å²) in [6.07, 6.45) is 0.212. The van der Waals surface area contributed by atoms with Crippen LogP contribution in [-0.4, -0.2) is 51.4 Å². The SMILES string of the molecule is Cc1ncsc1-c1ccc([C@H](C)NC(=O)[C@@H]2C[C@H](CC(=O)O)CN2C(=O)[C@@H](N)C(C)(C)C)cc1.Cl. The fourth-order valence-corrected chi connectivity index (χ4v) is 5.07. The van der Waals surface area contributed by atoms with Crippen molar-refractivity contribution in [2.45, 2.75) is 65.6 Å². The average Bonchev–Trinajstić information content (AvgIpc) is 3.37. The number of aryl methyl sites for hydroxylation is 1. The minimum Gasteiger partial charge on any atom is -0.481 e. The Morgan fingerprint density at radius 2 is 1.89 bits per heavy atom. The number of rotatable bonds is 7. The average molecular weight is 523 g/mol. The Morgan fingerprint density at radius 3 is 2.40 bits per heavy atom. The van der Waals surface area contributed by atoms with Crippen molar-refractivity contribution in [3.05, 3.63) is 41.0 Å². The number of carbonyl (C=O) groups excluding carboxylic acids is 2. The number of halogens is 1. The molecule has 0 unspecified atom stereocenters. The van der Waals surface area contributed by atoms with E-state index in [9.17, 15) is 19.5 Å². The van der Waals surface area contributed by atoms with Gasteiger partial charge in [-0.3, -0.25) is 14.4 Å². The second-order valence-corrected chi connectivity index (χ2v) is 11.0. The number of aromatic nitrogens is 1. The lowest BCUT2D eigenvalue weighted by Crippen LogP contribution is -2.55. The lowest BCUT2D eigenvalue weighted by molar-refractivity contribution is -0.141. The molecule has 0 bridgehead atoms. The number of hydrogen-bond donors (Lipinski definition) is 3. The van der Waals surface area contributed by atoms with Crippen molar-refractivity contribution in [3.8, 4) is 10.4 Å². The minimum atomic E-state index is -0.941. The number of carboxylic acid groups (broad SMARTS) is 1. The quantitative estimate of drug-likeness (QED) is 0.508. The third-order valence-electron chi connectivity index (χ3n) is 6.41.